The van der Waals surface area contributed by atoms with E-state index in [0.717, 1.165) is 29.4 Å². The molecular weight excluding hydrogens is 631 g/mol. The number of hydrogen-bond donors (Lipinski definition) is 0. The molecule has 0 saturated heterocycles. The van der Waals surface area contributed by atoms with Crippen molar-refractivity contribution in [2.45, 2.75) is 25.0 Å². The van der Waals surface area contributed by atoms with Crippen molar-refractivity contribution in [1.82, 2.24) is 0 Å². The molecule has 6 aromatic carbocycles. The van der Waals surface area contributed by atoms with Crippen LogP contribution in [0.4, 0.5) is 0 Å². The molecule has 3 heteroatoms. The summed E-state index contributed by atoms with van der Waals surface area (Å²) >= 11 is -4.69. The molecule has 0 saturated carbocycles. The van der Waals surface area contributed by atoms with Gasteiger partial charge in [-0.3, -0.25) is 0 Å². The number of hydrogen-bond acceptors (Lipinski definition) is 2. The molecule has 6 rings (SSSR count). The van der Waals surface area contributed by atoms with Crippen molar-refractivity contribution in [3.05, 3.63) is 204 Å². The second-order valence-corrected chi connectivity index (χ2v) is 19.1. The normalized spacial score (nSPS) is 12.1. The van der Waals surface area contributed by atoms with Gasteiger partial charge in [-0.25, -0.2) is 0 Å². The summed E-state index contributed by atoms with van der Waals surface area (Å²) in [6, 6.07) is 63.4. The second-order valence-electron chi connectivity index (χ2n) is 11.1. The van der Waals surface area contributed by atoms with Gasteiger partial charge >= 0.3 is 262 Å². The molecule has 0 aromatic heterocycles. The summed E-state index contributed by atoms with van der Waals surface area (Å²) in [6.45, 7) is 4.39. The Bertz CT molecular complexity index is 1500. The molecule has 0 N–H and O–H groups in total. The Hall–Kier alpha value is -3.96. The van der Waals surface area contributed by atoms with E-state index in [1.807, 2.05) is 0 Å². The molecule has 0 aliphatic heterocycles. The van der Waals surface area contributed by atoms with Gasteiger partial charge in [0.05, 0.1) is 0 Å². The van der Waals surface area contributed by atoms with Crippen molar-refractivity contribution < 1.29 is 6.15 Å². The van der Waals surface area contributed by atoms with Gasteiger partial charge in [0.2, 0.25) is 0 Å². The van der Waals surface area contributed by atoms with E-state index in [2.05, 4.69) is 196 Å². The summed E-state index contributed by atoms with van der Waals surface area (Å²) in [4.78, 5) is 0. The van der Waals surface area contributed by atoms with E-state index in [4.69, 9.17) is 6.15 Å². The summed E-state index contributed by atoms with van der Waals surface area (Å²) in [7, 11) is 0. The van der Waals surface area contributed by atoms with E-state index in [9.17, 15) is 0 Å². The fourth-order valence-electron chi connectivity index (χ4n) is 5.91. The third-order valence-corrected chi connectivity index (χ3v) is 18.5. The molecule has 0 spiro atoms. The first-order valence-electron chi connectivity index (χ1n) is 14.8. The van der Waals surface area contributed by atoms with Crippen LogP contribution in [-0.4, -0.2) is 19.2 Å². The molecule has 0 unspecified atom stereocenters. The van der Waals surface area contributed by atoms with Gasteiger partial charge in [-0.15, -0.1) is 0 Å². The van der Waals surface area contributed by atoms with Crippen LogP contribution >= 0.6 is 0 Å². The summed E-state index contributed by atoms with van der Waals surface area (Å²) in [5.74, 6) is 0. The summed E-state index contributed by atoms with van der Waals surface area (Å²) in [6.07, 6.45) is 0. The van der Waals surface area contributed by atoms with Crippen LogP contribution in [0.1, 0.15) is 36.1 Å². The van der Waals surface area contributed by atoms with Gasteiger partial charge in [0.15, 0.2) is 0 Å². The third-order valence-electron chi connectivity index (χ3n) is 8.30. The van der Waals surface area contributed by atoms with Crippen LogP contribution in [0.3, 0.4) is 0 Å². The monoisotopic (exact) mass is 668 g/mol. The zero-order chi connectivity index (χ0) is 29.6. The van der Waals surface area contributed by atoms with Crippen LogP contribution in [0.5, 0.6) is 0 Å². The molecule has 2 nitrogen and oxygen atoms in total. The van der Waals surface area contributed by atoms with Gasteiger partial charge < -0.3 is 0 Å². The predicted molar refractivity (Wildman–Crippen MR) is 179 cm³/mol. The molecule has 0 bridgehead atoms. The summed E-state index contributed by atoms with van der Waals surface area (Å²) in [5.41, 5.74) is 2.74. The van der Waals surface area contributed by atoms with Crippen molar-refractivity contribution in [3.63, 3.8) is 0 Å². The number of rotatable bonds is 10. The molecule has 0 fully saturated rings. The molecule has 0 atom stereocenters. The molecule has 0 amide bonds. The van der Waals surface area contributed by atoms with Gasteiger partial charge in [0.1, 0.15) is 0 Å². The van der Waals surface area contributed by atoms with E-state index < -0.39 is 30.4 Å². The van der Waals surface area contributed by atoms with Crippen LogP contribution in [0.15, 0.2) is 182 Å². The minimum absolute atomic E-state index is 0.793. The first-order valence-corrected chi connectivity index (χ1v) is 20.0. The van der Waals surface area contributed by atoms with E-state index in [-0.39, 0.29) is 0 Å². The second kappa shape index (κ2) is 12.7. The molecule has 0 aliphatic rings. The molecule has 0 radical (unpaired) electrons. The van der Waals surface area contributed by atoms with Gasteiger partial charge in [0, 0.05) is 0 Å². The quantitative estimate of drug-likeness (QED) is 0.137. The van der Waals surface area contributed by atoms with E-state index in [0.29, 0.717) is 0 Å². The molecule has 212 valence electrons. The Morgan fingerprint density at radius 1 is 0.326 bits per heavy atom. The fourth-order valence-corrected chi connectivity index (χ4v) is 16.6. The fraction of sp³-hybridized carbons (Fsp3) is 0.100. The van der Waals surface area contributed by atoms with Gasteiger partial charge in [-0.1, -0.05) is 0 Å². The van der Waals surface area contributed by atoms with E-state index >= 15 is 0 Å². The molecule has 43 heavy (non-hydrogen) atoms. The average molecular weight is 667 g/mol. The third kappa shape index (κ3) is 5.83. The zero-order valence-corrected chi connectivity index (χ0v) is 27.5. The Kier molecular flexibility index (Phi) is 8.62. The van der Waals surface area contributed by atoms with Crippen LogP contribution < -0.4 is 7.16 Å². The Balaban J connectivity index is 1.66. The maximum atomic E-state index is 7.90. The Morgan fingerprint density at radius 3 is 0.767 bits per heavy atom. The van der Waals surface area contributed by atoms with Crippen molar-refractivity contribution in [1.29, 1.82) is 0 Å². The average Bonchev–Trinajstić information content (AvgIpc) is 3.10. The van der Waals surface area contributed by atoms with Gasteiger partial charge in [-0.05, 0) is 0 Å². The van der Waals surface area contributed by atoms with Gasteiger partial charge in [0.25, 0.3) is 0 Å². The van der Waals surface area contributed by atoms with Crippen LogP contribution in [0, 0.1) is 0 Å². The van der Waals surface area contributed by atoms with Crippen LogP contribution in [0.25, 0.3) is 0 Å². The van der Waals surface area contributed by atoms with Gasteiger partial charge in [-0.2, -0.15) is 0 Å². The van der Waals surface area contributed by atoms with Crippen molar-refractivity contribution >= 4 is 26.4 Å². The Labute approximate surface area is 260 Å². The predicted octanol–water partition coefficient (Wildman–Crippen LogP) is 8.20. The van der Waals surface area contributed by atoms with Crippen molar-refractivity contribution in [3.8, 4) is 0 Å². The number of benzene rings is 6. The van der Waals surface area contributed by atoms with Crippen LogP contribution in [-0.2, 0) is 17.4 Å². The molecular formula is C40H36O2Sn. The van der Waals surface area contributed by atoms with Crippen molar-refractivity contribution in [2.75, 3.05) is 0 Å². The minimum atomic E-state index is -4.69. The zero-order valence-electron chi connectivity index (χ0n) is 24.6. The molecule has 0 heterocycles. The topological polar surface area (TPSA) is 18.5 Å². The summed E-state index contributed by atoms with van der Waals surface area (Å²) in [5, 5.41) is 0. The molecule has 6 aromatic rings. The van der Waals surface area contributed by atoms with E-state index in [1.165, 1.54) is 0 Å². The standard InChI is InChI=1S/2C14H13O.2C6H5.Sn/c2*1-14(15,12-8-4-2-5-9-12)13-10-6-3-7-11-13;2*1-2-4-6-5-3-1;/h2*2-11H,1H3;2*1-5H;/q2*-1;;;+2. The Morgan fingerprint density at radius 2 is 0.535 bits per heavy atom. The molecule has 0 aliphatic carbocycles. The van der Waals surface area contributed by atoms with E-state index in [1.54, 1.807) is 0 Å². The van der Waals surface area contributed by atoms with Crippen LogP contribution in [0.2, 0.25) is 0 Å². The SMILES string of the molecule is CC([O][Sn]([O]C(C)(c1ccccc1)c1ccccc1)([c]1ccccc1)[c]1ccccc1)(c1ccccc1)c1ccccc1. The first-order chi connectivity index (χ1) is 21.0. The van der Waals surface area contributed by atoms with Crippen molar-refractivity contribution in [2.24, 2.45) is 0 Å². The summed E-state index contributed by atoms with van der Waals surface area (Å²) < 4.78 is 18.0. The maximum absolute atomic E-state index is 7.90. The first kappa shape index (κ1) is 29.1.